The highest BCUT2D eigenvalue weighted by Crippen LogP contribution is 2.29. The summed E-state index contributed by atoms with van der Waals surface area (Å²) in [6, 6.07) is 9.48. The predicted octanol–water partition coefficient (Wildman–Crippen LogP) is 3.42. The molecule has 0 N–H and O–H groups in total. The van der Waals surface area contributed by atoms with Crippen molar-refractivity contribution >= 4 is 6.08 Å². The number of methoxy groups -OCH3 is 1. The number of allylic oxidation sites excluding steroid dienone is 1. The third-order valence-electron chi connectivity index (χ3n) is 2.64. The molecule has 0 unspecified atom stereocenters. The smallest absolute Gasteiger partial charge is 0.130 e. The molecular weight excluding hydrogens is 224 g/mol. The normalized spacial score (nSPS) is 10.1. The van der Waals surface area contributed by atoms with Crippen LogP contribution in [0.3, 0.4) is 0 Å². The summed E-state index contributed by atoms with van der Waals surface area (Å²) < 4.78 is 5.31. The van der Waals surface area contributed by atoms with Crippen molar-refractivity contribution in [3.05, 3.63) is 34.9 Å². The van der Waals surface area contributed by atoms with Crippen molar-refractivity contribution in [3.63, 3.8) is 0 Å². The fourth-order valence-corrected chi connectivity index (χ4v) is 1.54. The zero-order chi connectivity index (χ0) is 13.8. The quantitative estimate of drug-likeness (QED) is 0.744. The zero-order valence-corrected chi connectivity index (χ0v) is 11.1. The van der Waals surface area contributed by atoms with E-state index in [9.17, 15) is 0 Å². The van der Waals surface area contributed by atoms with Crippen LogP contribution in [0.25, 0.3) is 6.08 Å². The molecule has 0 amide bonds. The SMILES string of the molecule is COc1cc(C(C)(C)C)ccc1C=C(C#N)C#N. The van der Waals surface area contributed by atoms with Crippen LogP contribution in [0.5, 0.6) is 5.75 Å². The Morgan fingerprint density at radius 1 is 1.22 bits per heavy atom. The van der Waals surface area contributed by atoms with Gasteiger partial charge in [-0.2, -0.15) is 10.5 Å². The molecule has 0 fully saturated rings. The van der Waals surface area contributed by atoms with E-state index in [0.29, 0.717) is 5.75 Å². The topological polar surface area (TPSA) is 56.8 Å². The maximum Gasteiger partial charge on any atom is 0.130 e. The highest BCUT2D eigenvalue weighted by atomic mass is 16.5. The lowest BCUT2D eigenvalue weighted by Gasteiger charge is -2.20. The Balaban J connectivity index is 3.31. The first-order chi connectivity index (χ1) is 8.42. The van der Waals surface area contributed by atoms with Gasteiger partial charge in [0.05, 0.1) is 7.11 Å². The molecule has 0 aliphatic carbocycles. The minimum absolute atomic E-state index is 0.0306. The van der Waals surface area contributed by atoms with E-state index in [1.54, 1.807) is 7.11 Å². The van der Waals surface area contributed by atoms with E-state index in [2.05, 4.69) is 20.8 Å². The third-order valence-corrected chi connectivity index (χ3v) is 2.64. The van der Waals surface area contributed by atoms with Crippen molar-refractivity contribution in [1.82, 2.24) is 0 Å². The maximum atomic E-state index is 8.75. The van der Waals surface area contributed by atoms with Crippen molar-refractivity contribution in [2.24, 2.45) is 0 Å². The summed E-state index contributed by atoms with van der Waals surface area (Å²) in [5.74, 6) is 0.672. The Labute approximate surface area is 108 Å². The maximum absolute atomic E-state index is 8.75. The molecule has 0 radical (unpaired) electrons. The molecule has 0 saturated carbocycles. The molecule has 0 bridgehead atoms. The van der Waals surface area contributed by atoms with Crippen molar-refractivity contribution in [1.29, 1.82) is 10.5 Å². The van der Waals surface area contributed by atoms with Crippen molar-refractivity contribution < 1.29 is 4.74 Å². The molecule has 0 aliphatic heterocycles. The molecule has 18 heavy (non-hydrogen) atoms. The van der Waals surface area contributed by atoms with Crippen LogP contribution in [-0.2, 0) is 5.41 Å². The van der Waals surface area contributed by atoms with Crippen LogP contribution < -0.4 is 4.74 Å². The van der Waals surface area contributed by atoms with Gasteiger partial charge in [-0.05, 0) is 23.1 Å². The molecule has 0 atom stereocenters. The van der Waals surface area contributed by atoms with Gasteiger partial charge in [-0.1, -0.05) is 32.9 Å². The summed E-state index contributed by atoms with van der Waals surface area (Å²) in [4.78, 5) is 0. The van der Waals surface area contributed by atoms with Gasteiger partial charge >= 0.3 is 0 Å². The van der Waals surface area contributed by atoms with Gasteiger partial charge in [0.15, 0.2) is 0 Å². The molecule has 0 heterocycles. The summed E-state index contributed by atoms with van der Waals surface area (Å²) >= 11 is 0. The lowest BCUT2D eigenvalue weighted by atomic mass is 9.86. The second-order valence-corrected chi connectivity index (χ2v) is 4.99. The van der Waals surface area contributed by atoms with Crippen LogP contribution in [0.15, 0.2) is 23.8 Å². The standard InChI is InChI=1S/C15H16N2O/c1-15(2,3)13-6-5-12(14(8-13)18-4)7-11(9-16)10-17/h5-8H,1-4H3. The average molecular weight is 240 g/mol. The van der Waals surface area contributed by atoms with Crippen molar-refractivity contribution in [3.8, 4) is 17.9 Å². The third kappa shape index (κ3) is 3.12. The van der Waals surface area contributed by atoms with Gasteiger partial charge in [0.1, 0.15) is 23.5 Å². The average Bonchev–Trinajstić information content (AvgIpc) is 2.34. The van der Waals surface area contributed by atoms with Crippen molar-refractivity contribution in [2.75, 3.05) is 7.11 Å². The molecule has 0 spiro atoms. The fraction of sp³-hybridized carbons (Fsp3) is 0.333. The summed E-state index contributed by atoms with van der Waals surface area (Å²) in [5, 5.41) is 17.5. The molecule has 0 aliphatic rings. The first-order valence-corrected chi connectivity index (χ1v) is 5.62. The van der Waals surface area contributed by atoms with Crippen LogP contribution in [-0.4, -0.2) is 7.11 Å². The molecule has 3 heteroatoms. The summed E-state index contributed by atoms with van der Waals surface area (Å²) in [7, 11) is 1.58. The van der Waals surface area contributed by atoms with Crippen molar-refractivity contribution in [2.45, 2.75) is 26.2 Å². The highest BCUT2D eigenvalue weighted by Gasteiger charge is 2.15. The second kappa shape index (κ2) is 5.38. The minimum Gasteiger partial charge on any atom is -0.496 e. The second-order valence-electron chi connectivity index (χ2n) is 4.99. The molecule has 0 saturated heterocycles. The Hall–Kier alpha value is -2.26. The summed E-state index contributed by atoms with van der Waals surface area (Å²) in [5.41, 5.74) is 1.98. The summed E-state index contributed by atoms with van der Waals surface area (Å²) in [6.45, 7) is 6.35. The Bertz CT molecular complexity index is 535. The van der Waals surface area contributed by atoms with Gasteiger partial charge in [0.25, 0.3) is 0 Å². The van der Waals surface area contributed by atoms with Crippen LogP contribution in [0.2, 0.25) is 0 Å². The van der Waals surface area contributed by atoms with Gasteiger partial charge < -0.3 is 4.74 Å². The van der Waals surface area contributed by atoms with Gasteiger partial charge in [-0.3, -0.25) is 0 Å². The first-order valence-electron chi connectivity index (χ1n) is 5.62. The van der Waals surface area contributed by atoms with Gasteiger partial charge in [0.2, 0.25) is 0 Å². The van der Waals surface area contributed by atoms with E-state index in [1.807, 2.05) is 30.3 Å². The molecule has 92 valence electrons. The Morgan fingerprint density at radius 3 is 2.28 bits per heavy atom. The lowest BCUT2D eigenvalue weighted by Crippen LogP contribution is -2.11. The zero-order valence-electron chi connectivity index (χ0n) is 11.1. The number of hydrogen-bond donors (Lipinski definition) is 0. The van der Waals surface area contributed by atoms with E-state index in [-0.39, 0.29) is 11.0 Å². The van der Waals surface area contributed by atoms with E-state index < -0.39 is 0 Å². The fourth-order valence-electron chi connectivity index (χ4n) is 1.54. The van der Waals surface area contributed by atoms with Crippen LogP contribution >= 0.6 is 0 Å². The largest absolute Gasteiger partial charge is 0.496 e. The lowest BCUT2D eigenvalue weighted by molar-refractivity contribution is 0.411. The predicted molar refractivity (Wildman–Crippen MR) is 70.9 cm³/mol. The molecule has 0 aromatic heterocycles. The molecule has 1 rings (SSSR count). The molecule has 1 aromatic rings. The molecule has 1 aromatic carbocycles. The number of nitriles is 2. The van der Waals surface area contributed by atoms with Crippen LogP contribution in [0.4, 0.5) is 0 Å². The number of benzene rings is 1. The monoisotopic (exact) mass is 240 g/mol. The molecule has 3 nitrogen and oxygen atoms in total. The number of hydrogen-bond acceptors (Lipinski definition) is 3. The minimum atomic E-state index is 0.0306. The van der Waals surface area contributed by atoms with E-state index in [1.165, 1.54) is 6.08 Å². The molecular formula is C15H16N2O. The van der Waals surface area contributed by atoms with Gasteiger partial charge in [-0.25, -0.2) is 0 Å². The van der Waals surface area contributed by atoms with E-state index in [4.69, 9.17) is 15.3 Å². The number of rotatable bonds is 2. The number of nitrogens with zero attached hydrogens (tertiary/aromatic N) is 2. The van der Waals surface area contributed by atoms with Gasteiger partial charge in [0, 0.05) is 5.56 Å². The summed E-state index contributed by atoms with van der Waals surface area (Å²) in [6.07, 6.45) is 1.53. The number of ether oxygens (including phenoxy) is 1. The van der Waals surface area contributed by atoms with Crippen LogP contribution in [0, 0.1) is 22.7 Å². The Kier molecular flexibility index (Phi) is 4.13. The van der Waals surface area contributed by atoms with Gasteiger partial charge in [-0.15, -0.1) is 0 Å². The van der Waals surface area contributed by atoms with E-state index in [0.717, 1.165) is 11.1 Å². The highest BCUT2D eigenvalue weighted by molar-refractivity contribution is 5.66. The Morgan fingerprint density at radius 2 is 1.83 bits per heavy atom. The first kappa shape index (κ1) is 13.8. The van der Waals surface area contributed by atoms with Crippen LogP contribution in [0.1, 0.15) is 31.9 Å². The van der Waals surface area contributed by atoms with E-state index >= 15 is 0 Å².